The molecule has 1 aromatic carbocycles. The largest absolute Gasteiger partial charge is 0.495 e. The van der Waals surface area contributed by atoms with Crippen molar-refractivity contribution in [2.24, 2.45) is 0 Å². The van der Waals surface area contributed by atoms with Crippen molar-refractivity contribution in [2.75, 3.05) is 7.11 Å². The van der Waals surface area contributed by atoms with Gasteiger partial charge in [0.25, 0.3) is 5.56 Å². The van der Waals surface area contributed by atoms with E-state index < -0.39 is 0 Å². The number of hydrogen-bond acceptors (Lipinski definition) is 4. The molecule has 0 saturated carbocycles. The highest BCUT2D eigenvalue weighted by Gasteiger charge is 2.05. The number of ether oxygens (including phenoxy) is 1. The van der Waals surface area contributed by atoms with Crippen LogP contribution in [0.25, 0.3) is 0 Å². The molecule has 18 heavy (non-hydrogen) atoms. The van der Waals surface area contributed by atoms with Crippen LogP contribution in [0.4, 0.5) is 0 Å². The van der Waals surface area contributed by atoms with Crippen LogP contribution in [0.2, 0.25) is 0 Å². The molecule has 2 rings (SSSR count). The quantitative estimate of drug-likeness (QED) is 0.809. The number of nitriles is 1. The van der Waals surface area contributed by atoms with E-state index in [-0.39, 0.29) is 5.56 Å². The van der Waals surface area contributed by atoms with Crippen LogP contribution < -0.4 is 10.3 Å². The fraction of sp³-hybridized carbons (Fsp3) is 0.154. The maximum absolute atomic E-state index is 11.5. The number of rotatable bonds is 3. The zero-order valence-corrected chi connectivity index (χ0v) is 9.83. The molecule has 0 unspecified atom stereocenters. The highest BCUT2D eigenvalue weighted by molar-refractivity contribution is 5.45. The minimum atomic E-state index is -0.174. The summed E-state index contributed by atoms with van der Waals surface area (Å²) in [7, 11) is 1.51. The van der Waals surface area contributed by atoms with Gasteiger partial charge in [-0.05, 0) is 23.8 Å². The molecule has 1 aromatic heterocycles. The maximum Gasteiger partial charge on any atom is 0.267 e. The van der Waals surface area contributed by atoms with Crippen molar-refractivity contribution in [3.63, 3.8) is 0 Å². The summed E-state index contributed by atoms with van der Waals surface area (Å²) in [5.74, 6) is 0.523. The molecule has 0 amide bonds. The lowest BCUT2D eigenvalue weighted by molar-refractivity contribution is 0.413. The average molecular weight is 241 g/mol. The van der Waals surface area contributed by atoms with Crippen molar-refractivity contribution >= 4 is 0 Å². The standard InChI is InChI=1S/C13H11N3O2/c1-18-12-5-4-10(7-11(12)8-14)9-16-13(17)3-2-6-15-16/h2-7H,9H2,1H3. The molecule has 0 bridgehead atoms. The van der Waals surface area contributed by atoms with Gasteiger partial charge in [0, 0.05) is 12.3 Å². The second-order valence-electron chi connectivity index (χ2n) is 3.67. The Bertz CT molecular complexity index is 656. The van der Waals surface area contributed by atoms with Gasteiger partial charge >= 0.3 is 0 Å². The van der Waals surface area contributed by atoms with Crippen molar-refractivity contribution < 1.29 is 4.74 Å². The average Bonchev–Trinajstić information content (AvgIpc) is 2.41. The van der Waals surface area contributed by atoms with E-state index in [4.69, 9.17) is 10.00 Å². The first-order valence-electron chi connectivity index (χ1n) is 5.34. The van der Waals surface area contributed by atoms with Gasteiger partial charge in [0.15, 0.2) is 0 Å². The van der Waals surface area contributed by atoms with Gasteiger partial charge in [-0.25, -0.2) is 4.68 Å². The molecule has 0 saturated heterocycles. The molecular formula is C13H11N3O2. The molecule has 5 nitrogen and oxygen atoms in total. The normalized spacial score (nSPS) is 9.78. The zero-order valence-electron chi connectivity index (χ0n) is 9.83. The third-order valence-electron chi connectivity index (χ3n) is 2.50. The second-order valence-corrected chi connectivity index (χ2v) is 3.67. The Morgan fingerprint density at radius 3 is 2.94 bits per heavy atom. The lowest BCUT2D eigenvalue weighted by Crippen LogP contribution is -2.21. The molecule has 0 spiro atoms. The molecule has 1 heterocycles. The summed E-state index contributed by atoms with van der Waals surface area (Å²) in [6, 6.07) is 10.3. The van der Waals surface area contributed by atoms with E-state index in [0.717, 1.165) is 5.56 Å². The third kappa shape index (κ3) is 2.38. The number of aromatic nitrogens is 2. The van der Waals surface area contributed by atoms with Crippen LogP contribution >= 0.6 is 0 Å². The number of benzene rings is 1. The third-order valence-corrected chi connectivity index (χ3v) is 2.50. The molecule has 0 N–H and O–H groups in total. The number of methoxy groups -OCH3 is 1. The van der Waals surface area contributed by atoms with Crippen LogP contribution in [0.3, 0.4) is 0 Å². The van der Waals surface area contributed by atoms with E-state index >= 15 is 0 Å². The summed E-state index contributed by atoms with van der Waals surface area (Å²) in [6.45, 7) is 0.332. The predicted molar refractivity (Wildman–Crippen MR) is 65.3 cm³/mol. The highest BCUT2D eigenvalue weighted by atomic mass is 16.5. The Hall–Kier alpha value is -2.61. The van der Waals surface area contributed by atoms with E-state index in [1.807, 2.05) is 0 Å². The Morgan fingerprint density at radius 1 is 1.44 bits per heavy atom. The monoisotopic (exact) mass is 241 g/mol. The SMILES string of the molecule is COc1ccc(Cn2ncccc2=O)cc1C#N. The molecule has 0 atom stereocenters. The van der Waals surface area contributed by atoms with Crippen LogP contribution in [-0.4, -0.2) is 16.9 Å². The van der Waals surface area contributed by atoms with E-state index in [9.17, 15) is 4.79 Å². The van der Waals surface area contributed by atoms with Gasteiger partial charge in [-0.15, -0.1) is 0 Å². The van der Waals surface area contributed by atoms with Gasteiger partial charge in [-0.3, -0.25) is 4.79 Å². The van der Waals surface area contributed by atoms with Crippen molar-refractivity contribution in [1.29, 1.82) is 5.26 Å². The smallest absolute Gasteiger partial charge is 0.267 e. The van der Waals surface area contributed by atoms with Crippen LogP contribution in [0.15, 0.2) is 41.3 Å². The molecule has 0 aliphatic carbocycles. The van der Waals surface area contributed by atoms with Crippen LogP contribution in [0.5, 0.6) is 5.75 Å². The maximum atomic E-state index is 11.5. The lowest BCUT2D eigenvalue weighted by Gasteiger charge is -2.06. The van der Waals surface area contributed by atoms with Crippen molar-refractivity contribution in [1.82, 2.24) is 9.78 Å². The summed E-state index contributed by atoms with van der Waals surface area (Å²) in [4.78, 5) is 11.5. The van der Waals surface area contributed by atoms with Gasteiger partial charge in [0.1, 0.15) is 11.8 Å². The van der Waals surface area contributed by atoms with Gasteiger partial charge < -0.3 is 4.74 Å². The Kier molecular flexibility index (Phi) is 3.39. The van der Waals surface area contributed by atoms with E-state index in [1.165, 1.54) is 17.9 Å². The van der Waals surface area contributed by atoms with Gasteiger partial charge in [0.05, 0.1) is 19.2 Å². The Morgan fingerprint density at radius 2 is 2.28 bits per heavy atom. The summed E-state index contributed by atoms with van der Waals surface area (Å²) < 4.78 is 6.39. The minimum absolute atomic E-state index is 0.174. The molecular weight excluding hydrogens is 230 g/mol. The van der Waals surface area contributed by atoms with Gasteiger partial charge in [-0.2, -0.15) is 10.4 Å². The fourth-order valence-corrected chi connectivity index (χ4v) is 1.62. The van der Waals surface area contributed by atoms with E-state index in [1.54, 1.807) is 30.5 Å². The van der Waals surface area contributed by atoms with Crippen LogP contribution in [-0.2, 0) is 6.54 Å². The first-order chi connectivity index (χ1) is 8.74. The predicted octanol–water partition coefficient (Wildman–Crippen LogP) is 1.17. The second kappa shape index (κ2) is 5.15. The molecule has 90 valence electrons. The Labute approximate surface area is 104 Å². The summed E-state index contributed by atoms with van der Waals surface area (Å²) in [6.07, 6.45) is 1.55. The fourth-order valence-electron chi connectivity index (χ4n) is 1.62. The lowest BCUT2D eigenvalue weighted by atomic mass is 10.1. The van der Waals surface area contributed by atoms with Gasteiger partial charge in [-0.1, -0.05) is 6.07 Å². The zero-order chi connectivity index (χ0) is 13.0. The van der Waals surface area contributed by atoms with Crippen molar-refractivity contribution in [3.8, 4) is 11.8 Å². The van der Waals surface area contributed by atoms with Gasteiger partial charge in [0.2, 0.25) is 0 Å². The number of nitrogens with zero attached hydrogens (tertiary/aromatic N) is 3. The Balaban J connectivity index is 2.34. The van der Waals surface area contributed by atoms with Crippen LogP contribution in [0, 0.1) is 11.3 Å². The highest BCUT2D eigenvalue weighted by Crippen LogP contribution is 2.18. The first-order valence-corrected chi connectivity index (χ1v) is 5.34. The van der Waals surface area contributed by atoms with E-state index in [2.05, 4.69) is 11.2 Å². The molecule has 0 fully saturated rings. The van der Waals surface area contributed by atoms with Crippen LogP contribution in [0.1, 0.15) is 11.1 Å². The topological polar surface area (TPSA) is 67.9 Å². The van der Waals surface area contributed by atoms with E-state index in [0.29, 0.717) is 17.9 Å². The van der Waals surface area contributed by atoms with Crippen molar-refractivity contribution in [2.45, 2.75) is 6.54 Å². The summed E-state index contributed by atoms with van der Waals surface area (Å²) in [5.41, 5.74) is 1.10. The summed E-state index contributed by atoms with van der Waals surface area (Å²) in [5, 5.41) is 12.9. The minimum Gasteiger partial charge on any atom is -0.495 e. The summed E-state index contributed by atoms with van der Waals surface area (Å²) >= 11 is 0. The molecule has 0 radical (unpaired) electrons. The number of hydrogen-bond donors (Lipinski definition) is 0. The molecule has 0 aliphatic rings. The van der Waals surface area contributed by atoms with Crippen molar-refractivity contribution in [3.05, 3.63) is 58.0 Å². The first kappa shape index (κ1) is 11.9. The molecule has 0 aliphatic heterocycles. The molecule has 2 aromatic rings. The molecule has 5 heteroatoms.